The molecule has 0 saturated heterocycles. The fraction of sp³-hybridized carbons (Fsp3) is 0.286. The summed E-state index contributed by atoms with van der Waals surface area (Å²) < 4.78 is 33.1. The number of benzene rings is 1. The Bertz CT molecular complexity index is 1420. The number of pyridine rings is 1. The summed E-state index contributed by atoms with van der Waals surface area (Å²) in [7, 11) is 0. The van der Waals surface area contributed by atoms with Crippen LogP contribution in [0.1, 0.15) is 43.8 Å². The van der Waals surface area contributed by atoms with E-state index in [1.807, 2.05) is 17.8 Å². The predicted octanol–water partition coefficient (Wildman–Crippen LogP) is 4.61. The number of aryl methyl sites for hydroxylation is 1. The van der Waals surface area contributed by atoms with Crippen molar-refractivity contribution in [3.63, 3.8) is 0 Å². The number of rotatable bonds is 5. The second-order valence-electron chi connectivity index (χ2n) is 7.55. The van der Waals surface area contributed by atoms with Crippen LogP contribution in [0.15, 0.2) is 30.6 Å². The maximum atomic E-state index is 15.0. The lowest BCUT2D eigenvalue weighted by Gasteiger charge is -2.06. The van der Waals surface area contributed by atoms with E-state index in [9.17, 15) is 4.39 Å². The Morgan fingerprint density at radius 3 is 2.77 bits per heavy atom. The van der Waals surface area contributed by atoms with Crippen molar-refractivity contribution in [3.05, 3.63) is 59.3 Å². The van der Waals surface area contributed by atoms with E-state index in [4.69, 9.17) is 0 Å². The Morgan fingerprint density at radius 2 is 2.00 bits per heavy atom. The maximum Gasteiger partial charge on any atom is 0.234 e. The largest absolute Gasteiger partial charge is 0.272 e. The summed E-state index contributed by atoms with van der Waals surface area (Å²) >= 11 is 1.38. The number of hydrogen-bond acceptors (Lipinski definition) is 6. The van der Waals surface area contributed by atoms with Crippen LogP contribution in [0, 0.1) is 11.6 Å². The van der Waals surface area contributed by atoms with Gasteiger partial charge in [0.2, 0.25) is 4.96 Å². The molecule has 0 amide bonds. The molecule has 5 rings (SSSR count). The molecule has 31 heavy (non-hydrogen) atoms. The Labute approximate surface area is 180 Å². The number of aromatic nitrogens is 7. The lowest BCUT2D eigenvalue weighted by molar-refractivity contribution is 0.566. The normalized spacial score (nSPS) is 11.9. The molecule has 0 bridgehead atoms. The zero-order valence-corrected chi connectivity index (χ0v) is 18.0. The van der Waals surface area contributed by atoms with Crippen LogP contribution in [-0.4, -0.2) is 34.6 Å². The molecule has 0 fully saturated rings. The van der Waals surface area contributed by atoms with Crippen molar-refractivity contribution >= 4 is 27.2 Å². The summed E-state index contributed by atoms with van der Waals surface area (Å²) in [6.07, 6.45) is 3.40. The Balaban J connectivity index is 1.58. The molecule has 0 aliphatic heterocycles. The molecular formula is C21H19F2N7S. The fourth-order valence-electron chi connectivity index (χ4n) is 3.58. The second kappa shape index (κ2) is 7.45. The van der Waals surface area contributed by atoms with Crippen molar-refractivity contribution in [2.24, 2.45) is 0 Å². The molecule has 0 unspecified atom stereocenters. The van der Waals surface area contributed by atoms with Crippen molar-refractivity contribution in [1.29, 1.82) is 0 Å². The first-order valence-corrected chi connectivity index (χ1v) is 10.8. The molecule has 10 heteroatoms. The van der Waals surface area contributed by atoms with Gasteiger partial charge in [-0.3, -0.25) is 9.67 Å². The average molecular weight is 439 g/mol. The molecule has 4 heterocycles. The van der Waals surface area contributed by atoms with Gasteiger partial charge in [-0.1, -0.05) is 25.2 Å². The molecule has 0 radical (unpaired) electrons. The van der Waals surface area contributed by atoms with E-state index in [0.29, 0.717) is 10.8 Å². The molecule has 158 valence electrons. The average Bonchev–Trinajstić information content (AvgIpc) is 3.45. The van der Waals surface area contributed by atoms with Crippen molar-refractivity contribution in [2.45, 2.75) is 39.7 Å². The molecule has 0 saturated carbocycles. The molecule has 1 aromatic carbocycles. The molecular weight excluding hydrogens is 420 g/mol. The van der Waals surface area contributed by atoms with E-state index < -0.39 is 11.6 Å². The van der Waals surface area contributed by atoms with Gasteiger partial charge in [-0.25, -0.2) is 8.78 Å². The first-order valence-electron chi connectivity index (χ1n) is 9.96. The van der Waals surface area contributed by atoms with E-state index >= 15 is 4.39 Å². The van der Waals surface area contributed by atoms with Crippen LogP contribution in [-0.2, 0) is 13.0 Å². The first kappa shape index (κ1) is 19.7. The number of fused-ring (bicyclic) bond motifs is 2. The first-order chi connectivity index (χ1) is 15.0. The summed E-state index contributed by atoms with van der Waals surface area (Å²) in [5.41, 5.74) is 2.09. The summed E-state index contributed by atoms with van der Waals surface area (Å²) in [5.74, 6) is -0.706. The highest BCUT2D eigenvalue weighted by atomic mass is 32.1. The summed E-state index contributed by atoms with van der Waals surface area (Å²) in [6.45, 7) is 6.94. The Hall–Kier alpha value is -3.27. The molecule has 0 N–H and O–H groups in total. The van der Waals surface area contributed by atoms with E-state index in [0.717, 1.165) is 22.8 Å². The van der Waals surface area contributed by atoms with Crippen LogP contribution < -0.4 is 0 Å². The summed E-state index contributed by atoms with van der Waals surface area (Å²) in [6, 6.07) is 4.45. The van der Waals surface area contributed by atoms with Gasteiger partial charge in [-0.15, -0.1) is 10.2 Å². The molecule has 0 aliphatic rings. The highest BCUT2D eigenvalue weighted by Gasteiger charge is 2.22. The van der Waals surface area contributed by atoms with Crippen LogP contribution in [0.2, 0.25) is 0 Å². The number of hydrogen-bond donors (Lipinski definition) is 0. The van der Waals surface area contributed by atoms with Gasteiger partial charge in [0.25, 0.3) is 0 Å². The number of nitrogens with zero attached hydrogens (tertiary/aromatic N) is 7. The third-order valence-electron chi connectivity index (χ3n) is 5.17. The van der Waals surface area contributed by atoms with E-state index in [-0.39, 0.29) is 28.8 Å². The molecule has 0 spiro atoms. The molecule has 0 atom stereocenters. The number of halogens is 2. The van der Waals surface area contributed by atoms with Crippen molar-refractivity contribution in [1.82, 2.24) is 34.6 Å². The predicted molar refractivity (Wildman–Crippen MR) is 114 cm³/mol. The third-order valence-corrected chi connectivity index (χ3v) is 6.11. The summed E-state index contributed by atoms with van der Waals surface area (Å²) in [4.78, 5) is 4.59. The monoisotopic (exact) mass is 439 g/mol. The SMILES string of the molecule is CCn1cc(-c2nn3c(Cc4c(F)cc5ncccc5c4F)nnc3s2)c(C(C)C)n1. The van der Waals surface area contributed by atoms with Gasteiger partial charge >= 0.3 is 0 Å². The molecule has 4 aromatic heterocycles. The van der Waals surface area contributed by atoms with Crippen molar-refractivity contribution < 1.29 is 8.78 Å². The smallest absolute Gasteiger partial charge is 0.234 e. The van der Waals surface area contributed by atoms with Gasteiger partial charge < -0.3 is 0 Å². The minimum Gasteiger partial charge on any atom is -0.272 e. The van der Waals surface area contributed by atoms with E-state index in [1.54, 1.807) is 16.6 Å². The van der Waals surface area contributed by atoms with Gasteiger partial charge in [-0.05, 0) is 25.0 Å². The highest BCUT2D eigenvalue weighted by Crippen LogP contribution is 2.32. The molecule has 5 aromatic rings. The quantitative estimate of drug-likeness (QED) is 0.400. The van der Waals surface area contributed by atoms with Crippen LogP contribution in [0.25, 0.3) is 26.4 Å². The van der Waals surface area contributed by atoms with Crippen LogP contribution in [0.3, 0.4) is 0 Å². The maximum absolute atomic E-state index is 15.0. The summed E-state index contributed by atoms with van der Waals surface area (Å²) in [5, 5.41) is 18.6. The lowest BCUT2D eigenvalue weighted by Crippen LogP contribution is -2.04. The third kappa shape index (κ3) is 3.27. The molecule has 0 aliphatic carbocycles. The van der Waals surface area contributed by atoms with E-state index in [2.05, 4.69) is 39.2 Å². The van der Waals surface area contributed by atoms with Gasteiger partial charge in [0.15, 0.2) is 10.8 Å². The molecule has 7 nitrogen and oxygen atoms in total. The Morgan fingerprint density at radius 1 is 1.16 bits per heavy atom. The fourth-order valence-corrected chi connectivity index (χ4v) is 4.46. The lowest BCUT2D eigenvalue weighted by atomic mass is 10.1. The van der Waals surface area contributed by atoms with Gasteiger partial charge in [0.05, 0.1) is 16.8 Å². The van der Waals surface area contributed by atoms with Crippen LogP contribution in [0.5, 0.6) is 0 Å². The Kier molecular flexibility index (Phi) is 4.73. The highest BCUT2D eigenvalue weighted by molar-refractivity contribution is 7.19. The zero-order chi connectivity index (χ0) is 21.7. The zero-order valence-electron chi connectivity index (χ0n) is 17.2. The van der Waals surface area contributed by atoms with Gasteiger partial charge in [0.1, 0.15) is 11.6 Å². The van der Waals surface area contributed by atoms with Crippen LogP contribution >= 0.6 is 11.3 Å². The standard InChI is InChI=1S/C21H19F2N7S/c1-4-29-10-14(19(27-29)11(2)3)20-28-30-17(25-26-21(30)31-20)8-13-15(22)9-16-12(18(13)23)6-5-7-24-16/h5-7,9-11H,4,8H2,1-3H3. The van der Waals surface area contributed by atoms with Crippen molar-refractivity contribution in [2.75, 3.05) is 0 Å². The van der Waals surface area contributed by atoms with Crippen LogP contribution in [0.4, 0.5) is 8.78 Å². The van der Waals surface area contributed by atoms with Crippen molar-refractivity contribution in [3.8, 4) is 10.6 Å². The minimum atomic E-state index is -0.665. The second-order valence-corrected chi connectivity index (χ2v) is 8.51. The van der Waals surface area contributed by atoms with E-state index in [1.165, 1.54) is 23.6 Å². The van der Waals surface area contributed by atoms with Gasteiger partial charge in [-0.2, -0.15) is 14.7 Å². The minimum absolute atomic E-state index is 0.0713. The van der Waals surface area contributed by atoms with Gasteiger partial charge in [0, 0.05) is 42.4 Å². The topological polar surface area (TPSA) is 73.8 Å².